The largest absolute Gasteiger partial charge is 0.494 e. The topological polar surface area (TPSA) is 32.7 Å². The van der Waals surface area contributed by atoms with Crippen molar-refractivity contribution in [1.82, 2.24) is 4.90 Å². The van der Waals surface area contributed by atoms with E-state index in [4.69, 9.17) is 4.74 Å². The maximum atomic E-state index is 10.4. The molecule has 3 nitrogen and oxygen atoms in total. The third kappa shape index (κ3) is 5.01. The molecule has 0 amide bonds. The van der Waals surface area contributed by atoms with Crippen LogP contribution in [0.3, 0.4) is 0 Å². The highest BCUT2D eigenvalue weighted by atomic mass is 16.5. The lowest BCUT2D eigenvalue weighted by molar-refractivity contribution is 0.0914. The molecule has 1 unspecified atom stereocenters. The van der Waals surface area contributed by atoms with Gasteiger partial charge in [-0.15, -0.1) is 0 Å². The Bertz CT molecular complexity index is 398. The summed E-state index contributed by atoms with van der Waals surface area (Å²) >= 11 is 0. The number of aliphatic hydroxyl groups is 1. The summed E-state index contributed by atoms with van der Waals surface area (Å²) in [5.74, 6) is 0.883. The Morgan fingerprint density at radius 1 is 1.19 bits per heavy atom. The number of likely N-dealkylation sites (N-methyl/N-ethyl adjacent to an activating group) is 1. The van der Waals surface area contributed by atoms with Crippen LogP contribution in [0.4, 0.5) is 0 Å². The minimum atomic E-state index is -0.419. The van der Waals surface area contributed by atoms with E-state index in [0.717, 1.165) is 24.3 Å². The number of benzene rings is 1. The average Bonchev–Trinajstić information content (AvgIpc) is 2.54. The van der Waals surface area contributed by atoms with E-state index in [0.29, 0.717) is 12.6 Å². The zero-order valence-corrected chi connectivity index (χ0v) is 13.4. The van der Waals surface area contributed by atoms with E-state index in [-0.39, 0.29) is 0 Å². The van der Waals surface area contributed by atoms with Crippen LogP contribution < -0.4 is 4.74 Å². The normalized spacial score (nSPS) is 17.9. The molecule has 1 fully saturated rings. The summed E-state index contributed by atoms with van der Waals surface area (Å²) in [4.78, 5) is 2.32. The molecular formula is C18H29NO2. The molecule has 1 saturated carbocycles. The quantitative estimate of drug-likeness (QED) is 0.830. The van der Waals surface area contributed by atoms with Crippen LogP contribution in [0.5, 0.6) is 5.75 Å². The molecule has 0 spiro atoms. The van der Waals surface area contributed by atoms with Crippen LogP contribution in [0.25, 0.3) is 0 Å². The molecule has 2 rings (SSSR count). The number of ether oxygens (including phenoxy) is 1. The lowest BCUT2D eigenvalue weighted by atomic mass is 9.94. The van der Waals surface area contributed by atoms with Gasteiger partial charge in [0, 0.05) is 12.6 Å². The summed E-state index contributed by atoms with van der Waals surface area (Å²) in [7, 11) is 2.14. The molecule has 0 saturated heterocycles. The molecule has 1 N–H and O–H groups in total. The molecule has 1 aliphatic carbocycles. The molecule has 0 aliphatic heterocycles. The van der Waals surface area contributed by atoms with Crippen molar-refractivity contribution in [3.05, 3.63) is 29.8 Å². The molecule has 3 heteroatoms. The molecule has 21 heavy (non-hydrogen) atoms. The van der Waals surface area contributed by atoms with Crippen LogP contribution in [0.2, 0.25) is 0 Å². The van der Waals surface area contributed by atoms with Gasteiger partial charge < -0.3 is 14.7 Å². The van der Waals surface area contributed by atoms with E-state index in [2.05, 4.69) is 18.9 Å². The van der Waals surface area contributed by atoms with E-state index >= 15 is 0 Å². The van der Waals surface area contributed by atoms with Crippen molar-refractivity contribution in [3.63, 3.8) is 0 Å². The number of rotatable bonds is 7. The lowest BCUT2D eigenvalue weighted by Gasteiger charge is -2.32. The zero-order valence-electron chi connectivity index (χ0n) is 13.4. The van der Waals surface area contributed by atoms with E-state index in [1.165, 1.54) is 32.1 Å². The van der Waals surface area contributed by atoms with Gasteiger partial charge in [0.2, 0.25) is 0 Å². The summed E-state index contributed by atoms with van der Waals surface area (Å²) in [6, 6.07) is 8.50. The first kappa shape index (κ1) is 16.3. The van der Waals surface area contributed by atoms with Gasteiger partial charge >= 0.3 is 0 Å². The van der Waals surface area contributed by atoms with Crippen molar-refractivity contribution in [2.45, 2.75) is 57.6 Å². The predicted octanol–water partition coefficient (Wildman–Crippen LogP) is 3.77. The van der Waals surface area contributed by atoms with Gasteiger partial charge in [0.15, 0.2) is 0 Å². The second-order valence-corrected chi connectivity index (χ2v) is 6.16. The highest BCUT2D eigenvalue weighted by Crippen LogP contribution is 2.24. The number of nitrogens with zero attached hydrogens (tertiary/aromatic N) is 1. The van der Waals surface area contributed by atoms with Gasteiger partial charge in [0.1, 0.15) is 5.75 Å². The summed E-state index contributed by atoms with van der Waals surface area (Å²) < 4.78 is 5.57. The monoisotopic (exact) mass is 291 g/mol. The fourth-order valence-corrected chi connectivity index (χ4v) is 3.06. The van der Waals surface area contributed by atoms with Gasteiger partial charge in [-0.1, -0.05) is 38.3 Å². The van der Waals surface area contributed by atoms with Crippen molar-refractivity contribution in [2.75, 3.05) is 20.2 Å². The maximum Gasteiger partial charge on any atom is 0.119 e. The molecule has 0 bridgehead atoms. The van der Waals surface area contributed by atoms with Crippen molar-refractivity contribution >= 4 is 0 Å². The fraction of sp³-hybridized carbons (Fsp3) is 0.667. The standard InChI is InChI=1S/C18H29NO2/c1-3-13-21-17-11-9-15(10-12-17)18(20)14-19(2)16-7-5-4-6-8-16/h9-12,16,18,20H,3-8,13-14H2,1-2H3. The van der Waals surface area contributed by atoms with Crippen molar-refractivity contribution in [1.29, 1.82) is 0 Å². The van der Waals surface area contributed by atoms with Gasteiger partial charge in [-0.3, -0.25) is 0 Å². The molecule has 0 heterocycles. The minimum Gasteiger partial charge on any atom is -0.494 e. The highest BCUT2D eigenvalue weighted by molar-refractivity contribution is 5.28. The van der Waals surface area contributed by atoms with E-state index in [9.17, 15) is 5.11 Å². The van der Waals surface area contributed by atoms with Gasteiger partial charge in [-0.2, -0.15) is 0 Å². The SMILES string of the molecule is CCCOc1ccc(C(O)CN(C)C2CCCCC2)cc1. The summed E-state index contributed by atoms with van der Waals surface area (Å²) in [5.41, 5.74) is 0.974. The van der Waals surface area contributed by atoms with Gasteiger partial charge in [0.25, 0.3) is 0 Å². The predicted molar refractivity (Wildman–Crippen MR) is 86.7 cm³/mol. The Hall–Kier alpha value is -1.06. The molecule has 1 atom stereocenters. The molecule has 1 aliphatic rings. The highest BCUT2D eigenvalue weighted by Gasteiger charge is 2.20. The van der Waals surface area contributed by atoms with Gasteiger partial charge in [-0.05, 0) is 44.0 Å². The van der Waals surface area contributed by atoms with Crippen LogP contribution in [0.1, 0.15) is 57.1 Å². The average molecular weight is 291 g/mol. The fourth-order valence-electron chi connectivity index (χ4n) is 3.06. The maximum absolute atomic E-state index is 10.4. The number of aliphatic hydroxyl groups excluding tert-OH is 1. The van der Waals surface area contributed by atoms with E-state index in [1.54, 1.807) is 0 Å². The summed E-state index contributed by atoms with van der Waals surface area (Å²) in [6.45, 7) is 3.55. The van der Waals surface area contributed by atoms with Crippen LogP contribution in [-0.2, 0) is 0 Å². The minimum absolute atomic E-state index is 0.419. The molecule has 1 aromatic rings. The zero-order chi connectivity index (χ0) is 15.1. The molecule has 1 aromatic carbocycles. The molecule has 118 valence electrons. The lowest BCUT2D eigenvalue weighted by Crippen LogP contribution is -2.36. The Balaban J connectivity index is 1.85. The Morgan fingerprint density at radius 2 is 1.86 bits per heavy atom. The van der Waals surface area contributed by atoms with Crippen LogP contribution in [-0.4, -0.2) is 36.2 Å². The van der Waals surface area contributed by atoms with Crippen molar-refractivity contribution in [3.8, 4) is 5.75 Å². The first-order chi connectivity index (χ1) is 10.2. The third-order valence-electron chi connectivity index (χ3n) is 4.40. The Labute approximate surface area is 128 Å². The smallest absolute Gasteiger partial charge is 0.119 e. The van der Waals surface area contributed by atoms with E-state index in [1.807, 2.05) is 24.3 Å². The second kappa shape index (κ2) is 8.40. The second-order valence-electron chi connectivity index (χ2n) is 6.16. The van der Waals surface area contributed by atoms with Gasteiger partial charge in [0.05, 0.1) is 12.7 Å². The molecular weight excluding hydrogens is 262 g/mol. The molecule has 0 radical (unpaired) electrons. The Morgan fingerprint density at radius 3 is 2.48 bits per heavy atom. The van der Waals surface area contributed by atoms with Crippen LogP contribution >= 0.6 is 0 Å². The Kier molecular flexibility index (Phi) is 6.52. The van der Waals surface area contributed by atoms with Crippen LogP contribution in [0, 0.1) is 0 Å². The first-order valence-corrected chi connectivity index (χ1v) is 8.31. The van der Waals surface area contributed by atoms with Gasteiger partial charge in [-0.25, -0.2) is 0 Å². The summed E-state index contributed by atoms with van der Waals surface area (Å²) in [6.07, 6.45) is 7.16. The molecule has 0 aromatic heterocycles. The van der Waals surface area contributed by atoms with E-state index < -0.39 is 6.10 Å². The van der Waals surface area contributed by atoms with Crippen molar-refractivity contribution < 1.29 is 9.84 Å². The first-order valence-electron chi connectivity index (χ1n) is 8.31. The summed E-state index contributed by atoms with van der Waals surface area (Å²) in [5, 5.41) is 10.4. The third-order valence-corrected chi connectivity index (χ3v) is 4.40. The number of hydrogen-bond acceptors (Lipinski definition) is 3. The van der Waals surface area contributed by atoms with Crippen LogP contribution in [0.15, 0.2) is 24.3 Å². The number of hydrogen-bond donors (Lipinski definition) is 1. The van der Waals surface area contributed by atoms with Crippen molar-refractivity contribution in [2.24, 2.45) is 0 Å².